The molecular weight excluding hydrogens is 334 g/mol. The maximum Gasteiger partial charge on any atom is 0.338 e. The third kappa shape index (κ3) is 5.04. The fourth-order valence-corrected chi connectivity index (χ4v) is 4.14. The highest BCUT2D eigenvalue weighted by Gasteiger charge is 2.30. The third-order valence-electron chi connectivity index (χ3n) is 3.71. The summed E-state index contributed by atoms with van der Waals surface area (Å²) >= 11 is 0. The van der Waals surface area contributed by atoms with E-state index in [-0.39, 0.29) is 11.5 Å². The van der Waals surface area contributed by atoms with E-state index in [9.17, 15) is 18.0 Å². The molecule has 0 bridgehead atoms. The van der Waals surface area contributed by atoms with Gasteiger partial charge >= 0.3 is 5.97 Å². The van der Waals surface area contributed by atoms with E-state index < -0.39 is 33.9 Å². The van der Waals surface area contributed by atoms with Gasteiger partial charge in [0.05, 0.1) is 23.7 Å². The van der Waals surface area contributed by atoms with Gasteiger partial charge in [-0.3, -0.25) is 4.79 Å². The fourth-order valence-electron chi connectivity index (χ4n) is 2.46. The summed E-state index contributed by atoms with van der Waals surface area (Å²) < 4.78 is 32.9. The van der Waals surface area contributed by atoms with Crippen molar-refractivity contribution in [2.45, 2.75) is 32.1 Å². The number of carbonyl (C=O) groups excluding carboxylic acids is 2. The van der Waals surface area contributed by atoms with Crippen molar-refractivity contribution in [2.24, 2.45) is 0 Å². The molecule has 1 aromatic carbocycles. The van der Waals surface area contributed by atoms with Crippen molar-refractivity contribution in [1.82, 2.24) is 5.32 Å². The molecule has 24 heavy (non-hydrogen) atoms. The molecular formula is C16H21NO6S. The van der Waals surface area contributed by atoms with Crippen molar-refractivity contribution in [3.05, 3.63) is 35.4 Å². The maximum atomic E-state index is 12.1. The second kappa shape index (κ2) is 7.76. The van der Waals surface area contributed by atoms with Gasteiger partial charge in [0.1, 0.15) is 0 Å². The lowest BCUT2D eigenvalue weighted by Gasteiger charge is -2.16. The van der Waals surface area contributed by atoms with Crippen LogP contribution in [0.3, 0.4) is 0 Å². The summed E-state index contributed by atoms with van der Waals surface area (Å²) in [6.07, 6.45) is -0.625. The Kier molecular flexibility index (Phi) is 5.95. The number of ether oxygens (including phenoxy) is 2. The lowest BCUT2D eigenvalue weighted by molar-refractivity contribution is -0.129. The summed E-state index contributed by atoms with van der Waals surface area (Å²) in [6.45, 7) is 1.82. The van der Waals surface area contributed by atoms with Gasteiger partial charge in [0.15, 0.2) is 15.9 Å². The summed E-state index contributed by atoms with van der Waals surface area (Å²) in [6, 6.07) is 6.33. The molecule has 0 saturated carbocycles. The van der Waals surface area contributed by atoms with Gasteiger partial charge in [-0.25, -0.2) is 13.2 Å². The van der Waals surface area contributed by atoms with Gasteiger partial charge in [-0.15, -0.1) is 0 Å². The molecule has 2 atom stereocenters. The first-order valence-corrected chi connectivity index (χ1v) is 9.42. The van der Waals surface area contributed by atoms with E-state index >= 15 is 0 Å². The maximum absolute atomic E-state index is 12.1. The predicted octanol–water partition coefficient (Wildman–Crippen LogP) is 0.682. The Morgan fingerprint density at radius 2 is 2.12 bits per heavy atom. The highest BCUT2D eigenvalue weighted by molar-refractivity contribution is 7.91. The SMILES string of the molecule is COCc1cccc(C(=O)O[C@@H](C)C(=O)N[C@H]2CCS(=O)(=O)C2)c1. The summed E-state index contributed by atoms with van der Waals surface area (Å²) in [5.41, 5.74) is 1.15. The van der Waals surface area contributed by atoms with Crippen LogP contribution in [0, 0.1) is 0 Å². The molecule has 0 aliphatic carbocycles. The summed E-state index contributed by atoms with van der Waals surface area (Å²) in [7, 11) is -1.52. The number of nitrogens with one attached hydrogen (secondary N) is 1. The van der Waals surface area contributed by atoms with Crippen LogP contribution in [0.25, 0.3) is 0 Å². The van der Waals surface area contributed by atoms with Gasteiger partial charge in [0.2, 0.25) is 0 Å². The minimum Gasteiger partial charge on any atom is -0.449 e. The lowest BCUT2D eigenvalue weighted by Crippen LogP contribution is -2.42. The van der Waals surface area contributed by atoms with Crippen LogP contribution in [0.15, 0.2) is 24.3 Å². The number of benzene rings is 1. The van der Waals surface area contributed by atoms with Gasteiger partial charge in [-0.05, 0) is 31.0 Å². The van der Waals surface area contributed by atoms with Crippen LogP contribution in [0.5, 0.6) is 0 Å². The number of carbonyl (C=O) groups is 2. The molecule has 2 rings (SSSR count). The number of methoxy groups -OCH3 is 1. The van der Waals surface area contributed by atoms with Gasteiger partial charge in [-0.2, -0.15) is 0 Å². The van der Waals surface area contributed by atoms with Crippen LogP contribution in [0.4, 0.5) is 0 Å². The van der Waals surface area contributed by atoms with Crippen molar-refractivity contribution < 1.29 is 27.5 Å². The Labute approximate surface area is 141 Å². The van der Waals surface area contributed by atoms with Gasteiger partial charge < -0.3 is 14.8 Å². The van der Waals surface area contributed by atoms with E-state index in [1.807, 2.05) is 6.07 Å². The van der Waals surface area contributed by atoms with E-state index in [1.54, 1.807) is 25.3 Å². The summed E-state index contributed by atoms with van der Waals surface area (Å²) in [4.78, 5) is 24.2. The normalized spacial score (nSPS) is 20.3. The van der Waals surface area contributed by atoms with E-state index in [0.29, 0.717) is 18.6 Å². The second-order valence-electron chi connectivity index (χ2n) is 5.79. The van der Waals surface area contributed by atoms with Crippen LogP contribution >= 0.6 is 0 Å². The molecule has 1 heterocycles. The number of esters is 1. The quantitative estimate of drug-likeness (QED) is 0.754. The fraction of sp³-hybridized carbons (Fsp3) is 0.500. The smallest absolute Gasteiger partial charge is 0.338 e. The second-order valence-corrected chi connectivity index (χ2v) is 8.02. The zero-order valence-electron chi connectivity index (χ0n) is 13.7. The highest BCUT2D eigenvalue weighted by Crippen LogP contribution is 2.12. The molecule has 0 radical (unpaired) electrons. The van der Waals surface area contributed by atoms with Crippen molar-refractivity contribution in [3.63, 3.8) is 0 Å². The molecule has 0 spiro atoms. The number of sulfone groups is 1. The van der Waals surface area contributed by atoms with Gasteiger partial charge in [0, 0.05) is 13.2 Å². The lowest BCUT2D eigenvalue weighted by atomic mass is 10.1. The molecule has 0 unspecified atom stereocenters. The largest absolute Gasteiger partial charge is 0.449 e. The molecule has 7 nitrogen and oxygen atoms in total. The van der Waals surface area contributed by atoms with Gasteiger partial charge in [0.25, 0.3) is 5.91 Å². The Morgan fingerprint density at radius 3 is 2.75 bits per heavy atom. The Hall–Kier alpha value is -1.93. The molecule has 132 valence electrons. The predicted molar refractivity (Wildman–Crippen MR) is 87.2 cm³/mol. The van der Waals surface area contributed by atoms with E-state index in [0.717, 1.165) is 5.56 Å². The molecule has 0 aromatic heterocycles. The van der Waals surface area contributed by atoms with Crippen molar-refractivity contribution in [1.29, 1.82) is 0 Å². The molecule has 1 amide bonds. The van der Waals surface area contributed by atoms with Crippen LogP contribution in [-0.4, -0.2) is 51.1 Å². The molecule has 1 aromatic rings. The Bertz CT molecular complexity index is 715. The minimum atomic E-state index is -3.08. The zero-order chi connectivity index (χ0) is 17.7. The third-order valence-corrected chi connectivity index (χ3v) is 5.47. The van der Waals surface area contributed by atoms with Crippen LogP contribution in [0.1, 0.15) is 29.3 Å². The summed E-state index contributed by atoms with van der Waals surface area (Å²) in [5.74, 6) is -1.12. The summed E-state index contributed by atoms with van der Waals surface area (Å²) in [5, 5.41) is 2.61. The first-order chi connectivity index (χ1) is 11.3. The van der Waals surface area contributed by atoms with Crippen molar-refractivity contribution in [2.75, 3.05) is 18.6 Å². The molecule has 1 fully saturated rings. The van der Waals surface area contributed by atoms with E-state index in [2.05, 4.69) is 5.32 Å². The molecule has 8 heteroatoms. The number of rotatable bonds is 6. The molecule has 1 saturated heterocycles. The Morgan fingerprint density at radius 1 is 1.38 bits per heavy atom. The first-order valence-electron chi connectivity index (χ1n) is 7.60. The molecule has 1 aliphatic heterocycles. The highest BCUT2D eigenvalue weighted by atomic mass is 32.2. The van der Waals surface area contributed by atoms with E-state index in [1.165, 1.54) is 6.92 Å². The topological polar surface area (TPSA) is 98.8 Å². The molecule has 1 aliphatic rings. The number of hydrogen-bond acceptors (Lipinski definition) is 6. The zero-order valence-corrected chi connectivity index (χ0v) is 14.5. The van der Waals surface area contributed by atoms with Crippen molar-refractivity contribution >= 4 is 21.7 Å². The van der Waals surface area contributed by atoms with Crippen LogP contribution in [0.2, 0.25) is 0 Å². The average molecular weight is 355 g/mol. The standard InChI is InChI=1S/C16H21NO6S/c1-11(15(18)17-14-6-7-24(20,21)10-14)23-16(19)13-5-3-4-12(8-13)9-22-2/h3-5,8,11,14H,6-7,9-10H2,1-2H3,(H,17,18)/t11-,14-/m0/s1. The van der Waals surface area contributed by atoms with Gasteiger partial charge in [-0.1, -0.05) is 12.1 Å². The van der Waals surface area contributed by atoms with Crippen LogP contribution in [-0.2, 0) is 30.7 Å². The number of hydrogen-bond donors (Lipinski definition) is 1. The first kappa shape index (κ1) is 18.4. The minimum absolute atomic E-state index is 0.0679. The monoisotopic (exact) mass is 355 g/mol. The average Bonchev–Trinajstić information content (AvgIpc) is 2.86. The number of amides is 1. The van der Waals surface area contributed by atoms with E-state index in [4.69, 9.17) is 9.47 Å². The Balaban J connectivity index is 1.91. The molecule has 1 N–H and O–H groups in total. The van der Waals surface area contributed by atoms with Crippen LogP contribution < -0.4 is 5.32 Å². The van der Waals surface area contributed by atoms with Crippen molar-refractivity contribution in [3.8, 4) is 0 Å².